The third-order valence-corrected chi connectivity index (χ3v) is 5.78. The Balaban J connectivity index is 1.50. The quantitative estimate of drug-likeness (QED) is 0.842. The molecule has 1 aromatic carbocycles. The first-order valence-electron chi connectivity index (χ1n) is 7.98. The molecule has 2 heterocycles. The van der Waals surface area contributed by atoms with Gasteiger partial charge in [0.05, 0.1) is 18.0 Å². The zero-order valence-electron chi connectivity index (χ0n) is 12.8. The van der Waals surface area contributed by atoms with Crippen LogP contribution in [0.1, 0.15) is 38.2 Å². The van der Waals surface area contributed by atoms with Gasteiger partial charge in [0.1, 0.15) is 11.9 Å². The molecule has 0 spiro atoms. The van der Waals surface area contributed by atoms with Gasteiger partial charge in [0, 0.05) is 11.4 Å². The summed E-state index contributed by atoms with van der Waals surface area (Å²) >= 11 is 1.64. The van der Waals surface area contributed by atoms with Crippen molar-refractivity contribution in [1.82, 2.24) is 4.90 Å². The molecule has 2 aliphatic rings. The predicted octanol–water partition coefficient (Wildman–Crippen LogP) is 3.59. The van der Waals surface area contributed by atoms with Gasteiger partial charge < -0.3 is 9.64 Å². The van der Waals surface area contributed by atoms with Crippen LogP contribution in [-0.4, -0.2) is 30.5 Å². The number of thiophene rings is 1. The number of benzene rings is 1. The van der Waals surface area contributed by atoms with Crippen LogP contribution in [0.2, 0.25) is 0 Å². The number of hydrogen-bond acceptors (Lipinski definition) is 3. The Labute approximate surface area is 138 Å². The van der Waals surface area contributed by atoms with Gasteiger partial charge in [0.25, 0.3) is 5.91 Å². The Bertz CT molecular complexity index is 704. The molecule has 1 saturated heterocycles. The SMILES string of the molecule is O=C(c1cc2c(s1)CCC2)N1CCO[C@H](c2ccc(F)cc2)C1. The van der Waals surface area contributed by atoms with Crippen molar-refractivity contribution in [1.29, 1.82) is 0 Å². The lowest BCUT2D eigenvalue weighted by molar-refractivity contribution is -0.0226. The second kappa shape index (κ2) is 6.06. The van der Waals surface area contributed by atoms with Crippen molar-refractivity contribution in [2.24, 2.45) is 0 Å². The summed E-state index contributed by atoms with van der Waals surface area (Å²) in [6.45, 7) is 1.64. The largest absolute Gasteiger partial charge is 0.370 e. The second-order valence-corrected chi connectivity index (χ2v) is 7.21. The Morgan fingerprint density at radius 2 is 2.09 bits per heavy atom. The van der Waals surface area contributed by atoms with Crippen molar-refractivity contribution < 1.29 is 13.9 Å². The molecule has 1 amide bonds. The fourth-order valence-electron chi connectivity index (χ4n) is 3.30. The van der Waals surface area contributed by atoms with E-state index in [1.807, 2.05) is 4.90 Å². The summed E-state index contributed by atoms with van der Waals surface area (Å²) in [5.41, 5.74) is 2.26. The first-order valence-corrected chi connectivity index (χ1v) is 8.80. The van der Waals surface area contributed by atoms with E-state index in [1.165, 1.54) is 29.0 Å². The van der Waals surface area contributed by atoms with E-state index in [9.17, 15) is 9.18 Å². The molecule has 2 aromatic rings. The molecular weight excluding hydrogens is 313 g/mol. The number of fused-ring (bicyclic) bond motifs is 1. The van der Waals surface area contributed by atoms with Crippen LogP contribution in [0.25, 0.3) is 0 Å². The number of morpholine rings is 1. The Morgan fingerprint density at radius 3 is 2.87 bits per heavy atom. The molecule has 1 aliphatic carbocycles. The maximum absolute atomic E-state index is 13.1. The molecule has 1 atom stereocenters. The number of nitrogens with zero attached hydrogens (tertiary/aromatic N) is 1. The topological polar surface area (TPSA) is 29.5 Å². The van der Waals surface area contributed by atoms with Crippen molar-refractivity contribution in [3.63, 3.8) is 0 Å². The maximum Gasteiger partial charge on any atom is 0.264 e. The van der Waals surface area contributed by atoms with Gasteiger partial charge in [-0.25, -0.2) is 4.39 Å². The molecule has 0 N–H and O–H groups in total. The standard InChI is InChI=1S/C18H18FNO2S/c19-14-6-4-12(5-7-14)15-11-20(8-9-22-15)18(21)17-10-13-2-1-3-16(13)23-17/h4-7,10,15H,1-3,8-9,11H2/t15-/m0/s1. The molecule has 0 radical (unpaired) electrons. The minimum Gasteiger partial charge on any atom is -0.370 e. The highest BCUT2D eigenvalue weighted by molar-refractivity contribution is 7.14. The van der Waals surface area contributed by atoms with E-state index in [0.717, 1.165) is 23.3 Å². The van der Waals surface area contributed by atoms with E-state index in [-0.39, 0.29) is 17.8 Å². The first kappa shape index (κ1) is 14.8. The molecule has 0 bridgehead atoms. The number of carbonyl (C=O) groups excluding carboxylic acids is 1. The summed E-state index contributed by atoms with van der Waals surface area (Å²) < 4.78 is 18.8. The molecule has 5 heteroatoms. The van der Waals surface area contributed by atoms with Crippen LogP contribution in [0.3, 0.4) is 0 Å². The van der Waals surface area contributed by atoms with Crippen LogP contribution in [0.4, 0.5) is 4.39 Å². The predicted molar refractivity (Wildman–Crippen MR) is 87.3 cm³/mol. The molecular formula is C18H18FNO2S. The molecule has 23 heavy (non-hydrogen) atoms. The third-order valence-electron chi connectivity index (χ3n) is 4.55. The fourth-order valence-corrected chi connectivity index (χ4v) is 4.52. The summed E-state index contributed by atoms with van der Waals surface area (Å²) in [5, 5.41) is 0. The highest BCUT2D eigenvalue weighted by atomic mass is 32.1. The number of halogens is 1. The van der Waals surface area contributed by atoms with Crippen LogP contribution in [-0.2, 0) is 17.6 Å². The van der Waals surface area contributed by atoms with E-state index in [1.54, 1.807) is 23.5 Å². The first-order chi connectivity index (χ1) is 11.2. The Hall–Kier alpha value is -1.72. The van der Waals surface area contributed by atoms with Crippen molar-refractivity contribution in [3.8, 4) is 0 Å². The minimum atomic E-state index is -0.259. The normalized spacial score (nSPS) is 20.6. The fraction of sp³-hybridized carbons (Fsp3) is 0.389. The van der Waals surface area contributed by atoms with Gasteiger partial charge in [-0.05, 0) is 48.6 Å². The lowest BCUT2D eigenvalue weighted by Gasteiger charge is -2.33. The molecule has 3 nitrogen and oxygen atoms in total. The average Bonchev–Trinajstić information content (AvgIpc) is 3.16. The summed E-state index contributed by atoms with van der Waals surface area (Å²) in [4.78, 5) is 16.8. The number of hydrogen-bond donors (Lipinski definition) is 0. The molecule has 120 valence electrons. The maximum atomic E-state index is 13.1. The number of aryl methyl sites for hydroxylation is 2. The summed E-state index contributed by atoms with van der Waals surface area (Å²) in [6, 6.07) is 8.39. The van der Waals surface area contributed by atoms with E-state index < -0.39 is 0 Å². The number of ether oxygens (including phenoxy) is 1. The molecule has 0 unspecified atom stereocenters. The smallest absolute Gasteiger partial charge is 0.264 e. The van der Waals surface area contributed by atoms with Crippen LogP contribution >= 0.6 is 11.3 Å². The van der Waals surface area contributed by atoms with E-state index in [2.05, 4.69) is 6.07 Å². The van der Waals surface area contributed by atoms with Gasteiger partial charge in [0.2, 0.25) is 0 Å². The zero-order valence-corrected chi connectivity index (χ0v) is 13.6. The van der Waals surface area contributed by atoms with Gasteiger partial charge in [-0.15, -0.1) is 11.3 Å². The summed E-state index contributed by atoms with van der Waals surface area (Å²) in [6.07, 6.45) is 3.23. The highest BCUT2D eigenvalue weighted by Crippen LogP contribution is 2.32. The summed E-state index contributed by atoms with van der Waals surface area (Å²) in [7, 11) is 0. The average molecular weight is 331 g/mol. The highest BCUT2D eigenvalue weighted by Gasteiger charge is 2.28. The number of carbonyl (C=O) groups is 1. The number of rotatable bonds is 2. The molecule has 0 saturated carbocycles. The van der Waals surface area contributed by atoms with E-state index in [0.29, 0.717) is 19.7 Å². The van der Waals surface area contributed by atoms with Crippen molar-refractivity contribution in [2.45, 2.75) is 25.4 Å². The summed E-state index contributed by atoms with van der Waals surface area (Å²) in [5.74, 6) is -0.162. The van der Waals surface area contributed by atoms with Crippen molar-refractivity contribution in [2.75, 3.05) is 19.7 Å². The van der Waals surface area contributed by atoms with Crippen LogP contribution in [0.15, 0.2) is 30.3 Å². The molecule has 1 fully saturated rings. The zero-order chi connectivity index (χ0) is 15.8. The van der Waals surface area contributed by atoms with Crippen LogP contribution in [0.5, 0.6) is 0 Å². The van der Waals surface area contributed by atoms with Crippen LogP contribution < -0.4 is 0 Å². The van der Waals surface area contributed by atoms with Gasteiger partial charge >= 0.3 is 0 Å². The Kier molecular flexibility index (Phi) is 3.91. The van der Waals surface area contributed by atoms with Gasteiger partial charge in [-0.3, -0.25) is 4.79 Å². The van der Waals surface area contributed by atoms with Gasteiger partial charge in [0.15, 0.2) is 0 Å². The van der Waals surface area contributed by atoms with Crippen molar-refractivity contribution in [3.05, 3.63) is 57.0 Å². The molecule has 4 rings (SSSR count). The van der Waals surface area contributed by atoms with Gasteiger partial charge in [-0.2, -0.15) is 0 Å². The Morgan fingerprint density at radius 1 is 1.26 bits per heavy atom. The monoisotopic (exact) mass is 331 g/mol. The minimum absolute atomic E-state index is 0.0970. The van der Waals surface area contributed by atoms with Crippen molar-refractivity contribution >= 4 is 17.2 Å². The second-order valence-electron chi connectivity index (χ2n) is 6.07. The molecule has 1 aromatic heterocycles. The lowest BCUT2D eigenvalue weighted by atomic mass is 10.1. The van der Waals surface area contributed by atoms with E-state index >= 15 is 0 Å². The van der Waals surface area contributed by atoms with E-state index in [4.69, 9.17) is 4.74 Å². The lowest BCUT2D eigenvalue weighted by Crippen LogP contribution is -2.42. The van der Waals surface area contributed by atoms with Crippen LogP contribution in [0, 0.1) is 5.82 Å². The number of amides is 1. The molecule has 1 aliphatic heterocycles. The van der Waals surface area contributed by atoms with Gasteiger partial charge in [-0.1, -0.05) is 12.1 Å². The third kappa shape index (κ3) is 2.91.